The zero-order valence-corrected chi connectivity index (χ0v) is 20.5. The van der Waals surface area contributed by atoms with Gasteiger partial charge in [0.05, 0.1) is 13.2 Å². The number of unbranched alkanes of at least 4 members (excludes halogenated alkanes) is 2. The number of hydrogen-bond donors (Lipinski definition) is 0. The molecule has 0 atom stereocenters. The Morgan fingerprint density at radius 1 is 0.812 bits per heavy atom. The van der Waals surface area contributed by atoms with Gasteiger partial charge in [0.2, 0.25) is 0 Å². The Morgan fingerprint density at radius 3 is 2.12 bits per heavy atom. The average Bonchev–Trinajstić information content (AvgIpc) is 2.83. The van der Waals surface area contributed by atoms with E-state index in [2.05, 4.69) is 30.9 Å². The molecule has 0 saturated heterocycles. The third-order valence-electron chi connectivity index (χ3n) is 7.31. The standard InChI is InChI=1S/C30H44O2/c1-3-5-6-9-25-12-14-26(15-13-25)10-7-8-11-27-16-18-28(19-17-27)24-32-30-22-20-29(21-23-30)31-4-2/h7,10,20-23,25-28H,3-6,9,12-19,24H2,1-2H3/t25-,26-,27-,28-. The normalized spacial score (nSPS) is 25.8. The quantitative estimate of drug-likeness (QED) is 0.272. The van der Waals surface area contributed by atoms with Crippen molar-refractivity contribution in [3.05, 3.63) is 36.4 Å². The van der Waals surface area contributed by atoms with Gasteiger partial charge in [-0.15, -0.1) is 0 Å². The summed E-state index contributed by atoms with van der Waals surface area (Å²) in [4.78, 5) is 0. The predicted molar refractivity (Wildman–Crippen MR) is 135 cm³/mol. The van der Waals surface area contributed by atoms with Crippen LogP contribution in [0.15, 0.2) is 36.4 Å². The molecule has 2 fully saturated rings. The number of ether oxygens (including phenoxy) is 2. The van der Waals surface area contributed by atoms with Crippen LogP contribution in [0.3, 0.4) is 0 Å². The number of hydrogen-bond acceptors (Lipinski definition) is 2. The second kappa shape index (κ2) is 14.3. The molecule has 176 valence electrons. The van der Waals surface area contributed by atoms with Crippen LogP contribution in [0.25, 0.3) is 0 Å². The highest BCUT2D eigenvalue weighted by molar-refractivity contribution is 5.31. The van der Waals surface area contributed by atoms with E-state index in [1.54, 1.807) is 0 Å². The van der Waals surface area contributed by atoms with E-state index in [1.807, 2.05) is 31.2 Å². The summed E-state index contributed by atoms with van der Waals surface area (Å²) >= 11 is 0. The smallest absolute Gasteiger partial charge is 0.119 e. The molecule has 0 amide bonds. The Morgan fingerprint density at radius 2 is 1.47 bits per heavy atom. The summed E-state index contributed by atoms with van der Waals surface area (Å²) < 4.78 is 11.5. The van der Waals surface area contributed by atoms with Crippen LogP contribution in [0, 0.1) is 35.5 Å². The van der Waals surface area contributed by atoms with Crippen LogP contribution in [0.2, 0.25) is 0 Å². The monoisotopic (exact) mass is 436 g/mol. The van der Waals surface area contributed by atoms with Gasteiger partial charge in [-0.25, -0.2) is 0 Å². The van der Waals surface area contributed by atoms with Crippen molar-refractivity contribution < 1.29 is 9.47 Å². The fourth-order valence-corrected chi connectivity index (χ4v) is 5.19. The fraction of sp³-hybridized carbons (Fsp3) is 0.667. The SMILES string of the molecule is CCCCC[C@H]1CC[C@H](C=CC#C[C@H]2CC[C@H](COc3ccc(OCC)cc3)CC2)CC1. The lowest BCUT2D eigenvalue weighted by Crippen LogP contribution is -2.19. The number of rotatable bonds is 10. The van der Waals surface area contributed by atoms with E-state index in [4.69, 9.17) is 9.47 Å². The minimum Gasteiger partial charge on any atom is -0.494 e. The van der Waals surface area contributed by atoms with E-state index < -0.39 is 0 Å². The van der Waals surface area contributed by atoms with Crippen molar-refractivity contribution in [1.82, 2.24) is 0 Å². The molecule has 1 aromatic rings. The molecule has 2 nitrogen and oxygen atoms in total. The summed E-state index contributed by atoms with van der Waals surface area (Å²) in [7, 11) is 0. The van der Waals surface area contributed by atoms with Gasteiger partial charge in [-0.2, -0.15) is 0 Å². The Bertz CT molecular complexity index is 707. The molecule has 0 radical (unpaired) electrons. The van der Waals surface area contributed by atoms with Crippen LogP contribution in [0.4, 0.5) is 0 Å². The van der Waals surface area contributed by atoms with E-state index in [1.165, 1.54) is 77.0 Å². The van der Waals surface area contributed by atoms with Gasteiger partial charge < -0.3 is 9.47 Å². The van der Waals surface area contributed by atoms with Crippen molar-refractivity contribution in [1.29, 1.82) is 0 Å². The van der Waals surface area contributed by atoms with Gasteiger partial charge in [0.1, 0.15) is 11.5 Å². The van der Waals surface area contributed by atoms with E-state index in [0.29, 0.717) is 18.4 Å². The van der Waals surface area contributed by atoms with Crippen LogP contribution in [0.5, 0.6) is 11.5 Å². The first-order valence-corrected chi connectivity index (χ1v) is 13.3. The number of benzene rings is 1. The lowest BCUT2D eigenvalue weighted by Gasteiger charge is -2.26. The lowest BCUT2D eigenvalue weighted by molar-refractivity contribution is 0.196. The molecule has 0 aromatic heterocycles. The third-order valence-corrected chi connectivity index (χ3v) is 7.31. The minimum atomic E-state index is 0.565. The van der Waals surface area contributed by atoms with Crippen LogP contribution in [-0.4, -0.2) is 13.2 Å². The zero-order chi connectivity index (χ0) is 22.4. The summed E-state index contributed by atoms with van der Waals surface area (Å²) in [6.45, 7) is 5.81. The molecule has 0 N–H and O–H groups in total. The molecule has 32 heavy (non-hydrogen) atoms. The first-order chi connectivity index (χ1) is 15.8. The topological polar surface area (TPSA) is 18.5 Å². The molecule has 0 spiro atoms. The highest BCUT2D eigenvalue weighted by atomic mass is 16.5. The first-order valence-electron chi connectivity index (χ1n) is 13.3. The Balaban J connectivity index is 1.28. The van der Waals surface area contributed by atoms with Crippen molar-refractivity contribution in [2.75, 3.05) is 13.2 Å². The van der Waals surface area contributed by atoms with Gasteiger partial charge in [-0.1, -0.05) is 50.5 Å². The van der Waals surface area contributed by atoms with Gasteiger partial charge in [-0.05, 0) is 106 Å². The third kappa shape index (κ3) is 8.93. The number of allylic oxidation sites excluding steroid dienone is 2. The van der Waals surface area contributed by atoms with Crippen LogP contribution >= 0.6 is 0 Å². The van der Waals surface area contributed by atoms with Crippen molar-refractivity contribution in [3.8, 4) is 23.3 Å². The summed E-state index contributed by atoms with van der Waals surface area (Å²) in [5.41, 5.74) is 0. The Labute approximate surface area is 197 Å². The molecule has 1 aromatic carbocycles. The van der Waals surface area contributed by atoms with Gasteiger partial charge in [0.15, 0.2) is 0 Å². The van der Waals surface area contributed by atoms with E-state index in [0.717, 1.165) is 29.9 Å². The van der Waals surface area contributed by atoms with Crippen LogP contribution in [-0.2, 0) is 0 Å². The lowest BCUT2D eigenvalue weighted by atomic mass is 9.79. The summed E-state index contributed by atoms with van der Waals surface area (Å²) in [6, 6.07) is 7.98. The second-order valence-corrected chi connectivity index (χ2v) is 9.86. The van der Waals surface area contributed by atoms with Crippen molar-refractivity contribution in [2.45, 2.75) is 90.9 Å². The molecule has 0 aliphatic heterocycles. The highest BCUT2D eigenvalue weighted by Crippen LogP contribution is 2.33. The summed E-state index contributed by atoms with van der Waals surface area (Å²) in [6.07, 6.45) is 20.7. The van der Waals surface area contributed by atoms with Crippen molar-refractivity contribution in [3.63, 3.8) is 0 Å². The average molecular weight is 437 g/mol. The summed E-state index contributed by atoms with van der Waals surface area (Å²) in [5.74, 6) is 11.7. The molecule has 2 aliphatic rings. The molecule has 0 unspecified atom stereocenters. The van der Waals surface area contributed by atoms with Gasteiger partial charge in [-0.3, -0.25) is 0 Å². The van der Waals surface area contributed by atoms with Gasteiger partial charge >= 0.3 is 0 Å². The summed E-state index contributed by atoms with van der Waals surface area (Å²) in [5, 5.41) is 0. The Kier molecular flexibility index (Phi) is 11.1. The zero-order valence-electron chi connectivity index (χ0n) is 20.5. The van der Waals surface area contributed by atoms with Crippen molar-refractivity contribution in [2.24, 2.45) is 23.7 Å². The molecule has 3 rings (SSSR count). The molecule has 2 heteroatoms. The molecule has 2 saturated carbocycles. The van der Waals surface area contributed by atoms with Crippen LogP contribution < -0.4 is 9.47 Å². The van der Waals surface area contributed by atoms with Crippen LogP contribution in [0.1, 0.15) is 90.9 Å². The minimum absolute atomic E-state index is 0.565. The molecular weight excluding hydrogens is 392 g/mol. The fourth-order valence-electron chi connectivity index (χ4n) is 5.19. The van der Waals surface area contributed by atoms with Gasteiger partial charge in [0.25, 0.3) is 0 Å². The Hall–Kier alpha value is -1.88. The van der Waals surface area contributed by atoms with E-state index in [9.17, 15) is 0 Å². The second-order valence-electron chi connectivity index (χ2n) is 9.86. The maximum absolute atomic E-state index is 6.01. The highest BCUT2D eigenvalue weighted by Gasteiger charge is 2.21. The largest absolute Gasteiger partial charge is 0.494 e. The predicted octanol–water partition coefficient (Wildman–Crippen LogP) is 8.22. The molecule has 2 aliphatic carbocycles. The maximum atomic E-state index is 6.01. The van der Waals surface area contributed by atoms with Crippen molar-refractivity contribution >= 4 is 0 Å². The van der Waals surface area contributed by atoms with E-state index >= 15 is 0 Å². The first kappa shape index (κ1) is 24.8. The molecular formula is C30H44O2. The van der Waals surface area contributed by atoms with E-state index in [-0.39, 0.29) is 0 Å². The van der Waals surface area contributed by atoms with Gasteiger partial charge in [0, 0.05) is 5.92 Å². The molecule has 0 bridgehead atoms. The molecule has 0 heterocycles. The maximum Gasteiger partial charge on any atom is 0.119 e.